The second-order valence-electron chi connectivity index (χ2n) is 6.75. The molecule has 5 nitrogen and oxygen atoms in total. The maximum atomic E-state index is 13.4. The average molecular weight is 540 g/mol. The average Bonchev–Trinajstić information content (AvgIpc) is 2.77. The molecule has 0 fully saturated rings. The molecule has 0 aliphatic carbocycles. The van der Waals surface area contributed by atoms with Crippen molar-refractivity contribution < 1.29 is 27.5 Å². The molecule has 0 atom stereocenters. The maximum absolute atomic E-state index is 13.4. The number of hydrogen-bond donors (Lipinski definition) is 2. The molecule has 0 aliphatic rings. The number of benzene rings is 3. The number of carbonyl (C=O) groups is 2. The molecule has 0 radical (unpaired) electrons. The first-order valence-electron chi connectivity index (χ1n) is 9.27. The van der Waals surface area contributed by atoms with Gasteiger partial charge in [0.1, 0.15) is 0 Å². The van der Waals surface area contributed by atoms with E-state index in [9.17, 15) is 22.8 Å². The van der Waals surface area contributed by atoms with Gasteiger partial charge in [-0.3, -0.25) is 10.2 Å². The Labute approximate surface area is 200 Å². The normalized spacial score (nSPS) is 11.1. The van der Waals surface area contributed by atoms with E-state index in [1.165, 1.54) is 49.6 Å². The summed E-state index contributed by atoms with van der Waals surface area (Å²) in [5, 5.41) is 10.6. The van der Waals surface area contributed by atoms with Gasteiger partial charge in [-0.05, 0) is 42.5 Å². The Bertz CT molecular complexity index is 1240. The molecule has 0 saturated heterocycles. The Morgan fingerprint density at radius 3 is 2.27 bits per heavy atom. The van der Waals surface area contributed by atoms with Crippen molar-refractivity contribution in [1.29, 1.82) is 5.41 Å². The summed E-state index contributed by atoms with van der Waals surface area (Å²) >= 11 is 9.19. The molecule has 0 unspecified atom stereocenters. The predicted octanol–water partition coefficient (Wildman–Crippen LogP) is 6.58. The van der Waals surface area contributed by atoms with E-state index in [1.54, 1.807) is 6.07 Å². The van der Waals surface area contributed by atoms with Crippen molar-refractivity contribution in [2.45, 2.75) is 6.18 Å². The van der Waals surface area contributed by atoms with E-state index >= 15 is 0 Å². The number of hydrogen-bond acceptors (Lipinski definition) is 4. The number of amides is 1. The van der Waals surface area contributed by atoms with Crippen LogP contribution in [0.2, 0.25) is 5.02 Å². The second kappa shape index (κ2) is 9.76. The Hall–Kier alpha value is -3.17. The lowest BCUT2D eigenvalue weighted by atomic mass is 9.99. The predicted molar refractivity (Wildman–Crippen MR) is 122 cm³/mol. The van der Waals surface area contributed by atoms with Crippen LogP contribution in [0.5, 0.6) is 0 Å². The van der Waals surface area contributed by atoms with Gasteiger partial charge >= 0.3 is 12.1 Å². The van der Waals surface area contributed by atoms with Crippen molar-refractivity contribution in [1.82, 2.24) is 0 Å². The van der Waals surface area contributed by atoms with E-state index in [2.05, 4.69) is 26.0 Å². The summed E-state index contributed by atoms with van der Waals surface area (Å²) in [6.45, 7) is 0. The van der Waals surface area contributed by atoms with Crippen LogP contribution < -0.4 is 5.32 Å². The highest BCUT2D eigenvalue weighted by atomic mass is 79.9. The van der Waals surface area contributed by atoms with Crippen molar-refractivity contribution in [2.75, 3.05) is 12.4 Å². The van der Waals surface area contributed by atoms with Crippen LogP contribution in [0.15, 0.2) is 65.1 Å². The monoisotopic (exact) mass is 538 g/mol. The van der Waals surface area contributed by atoms with Crippen LogP contribution in [0, 0.1) is 5.41 Å². The molecule has 1 amide bonds. The van der Waals surface area contributed by atoms with Gasteiger partial charge in [0.25, 0.3) is 5.91 Å². The summed E-state index contributed by atoms with van der Waals surface area (Å²) < 4.78 is 45.4. The molecule has 0 spiro atoms. The zero-order valence-electron chi connectivity index (χ0n) is 16.9. The summed E-state index contributed by atoms with van der Waals surface area (Å²) in [6, 6.07) is 13.7. The number of anilines is 1. The number of alkyl halides is 3. The van der Waals surface area contributed by atoms with Crippen LogP contribution in [-0.2, 0) is 10.9 Å². The topological polar surface area (TPSA) is 79.2 Å². The summed E-state index contributed by atoms with van der Waals surface area (Å²) in [7, 11) is 1.25. The van der Waals surface area contributed by atoms with Gasteiger partial charge in [-0.15, -0.1) is 0 Å². The minimum absolute atomic E-state index is 0.0237. The van der Waals surface area contributed by atoms with Gasteiger partial charge in [0.15, 0.2) is 0 Å². The van der Waals surface area contributed by atoms with Crippen LogP contribution in [0.1, 0.15) is 37.4 Å². The van der Waals surface area contributed by atoms with E-state index in [4.69, 9.17) is 17.0 Å². The number of rotatable bonds is 5. The third-order valence-electron chi connectivity index (χ3n) is 4.64. The van der Waals surface area contributed by atoms with Crippen molar-refractivity contribution in [3.05, 3.63) is 98.0 Å². The molecule has 33 heavy (non-hydrogen) atoms. The first kappa shape index (κ1) is 24.5. The number of nitrogens with one attached hydrogen (secondary N) is 2. The smallest absolute Gasteiger partial charge is 0.417 e. The van der Waals surface area contributed by atoms with Gasteiger partial charge in [0.05, 0.1) is 40.2 Å². The molecule has 0 aromatic heterocycles. The van der Waals surface area contributed by atoms with Crippen LogP contribution in [0.3, 0.4) is 0 Å². The molecule has 10 heteroatoms. The zero-order valence-corrected chi connectivity index (χ0v) is 19.2. The van der Waals surface area contributed by atoms with Gasteiger partial charge in [-0.1, -0.05) is 45.7 Å². The number of carbonyl (C=O) groups excluding carboxylic acids is 2. The summed E-state index contributed by atoms with van der Waals surface area (Å²) in [5.41, 5.74) is -0.859. The highest BCUT2D eigenvalue weighted by Crippen LogP contribution is 2.36. The molecule has 170 valence electrons. The molecule has 3 aromatic carbocycles. The molecule has 0 bridgehead atoms. The molecular weight excluding hydrogens is 525 g/mol. The molecule has 3 rings (SSSR count). The standard InChI is InChI=1S/C23H15BrClF3N2O3/c1-33-22(32)13-7-5-12(6-8-13)20(29)15-10-9-14(24)11-18(15)30-21(31)19-16(23(26,27)28)3-2-4-17(19)25/h2-11,29H,1H3,(H,30,31). The molecule has 0 heterocycles. The van der Waals surface area contributed by atoms with Gasteiger partial charge in [-0.2, -0.15) is 13.2 Å². The molecule has 3 aromatic rings. The Balaban J connectivity index is 1.99. The highest BCUT2D eigenvalue weighted by Gasteiger charge is 2.36. The summed E-state index contributed by atoms with van der Waals surface area (Å²) in [5.74, 6) is -1.61. The fourth-order valence-corrected chi connectivity index (χ4v) is 3.68. The molecule has 0 saturated carbocycles. The van der Waals surface area contributed by atoms with E-state index in [1.807, 2.05) is 0 Å². The van der Waals surface area contributed by atoms with Crippen LogP contribution in [-0.4, -0.2) is 24.7 Å². The van der Waals surface area contributed by atoms with Crippen molar-refractivity contribution >= 4 is 50.8 Å². The summed E-state index contributed by atoms with van der Waals surface area (Å²) in [6.07, 6.45) is -4.79. The van der Waals surface area contributed by atoms with E-state index in [0.29, 0.717) is 10.0 Å². The third-order valence-corrected chi connectivity index (χ3v) is 5.45. The minimum atomic E-state index is -4.79. The van der Waals surface area contributed by atoms with Crippen LogP contribution in [0.4, 0.5) is 18.9 Å². The second-order valence-corrected chi connectivity index (χ2v) is 8.07. The van der Waals surface area contributed by atoms with Crippen molar-refractivity contribution in [2.24, 2.45) is 0 Å². The lowest BCUT2D eigenvalue weighted by Crippen LogP contribution is -2.20. The van der Waals surface area contributed by atoms with Crippen LogP contribution >= 0.6 is 27.5 Å². The van der Waals surface area contributed by atoms with Gasteiger partial charge < -0.3 is 10.1 Å². The van der Waals surface area contributed by atoms with E-state index in [0.717, 1.165) is 12.1 Å². The van der Waals surface area contributed by atoms with Gasteiger partial charge in [-0.25, -0.2) is 4.79 Å². The maximum Gasteiger partial charge on any atom is 0.417 e. The SMILES string of the molecule is COC(=O)c1ccc(C(=N)c2ccc(Br)cc2NC(=O)c2c(Cl)cccc2C(F)(F)F)cc1. The zero-order chi connectivity index (χ0) is 24.3. The molecular formula is C23H15BrClF3N2O3. The minimum Gasteiger partial charge on any atom is -0.465 e. The molecule has 0 aliphatic heterocycles. The van der Waals surface area contributed by atoms with E-state index < -0.39 is 29.2 Å². The van der Waals surface area contributed by atoms with Gasteiger partial charge in [0.2, 0.25) is 0 Å². The van der Waals surface area contributed by atoms with Gasteiger partial charge in [0, 0.05) is 15.6 Å². The number of ether oxygens (including phenoxy) is 1. The highest BCUT2D eigenvalue weighted by molar-refractivity contribution is 9.10. The quantitative estimate of drug-likeness (QED) is 0.284. The third kappa shape index (κ3) is 5.43. The fourth-order valence-electron chi connectivity index (χ4n) is 3.06. The Kier molecular flexibility index (Phi) is 7.24. The van der Waals surface area contributed by atoms with E-state index in [-0.39, 0.29) is 27.5 Å². The molecule has 2 N–H and O–H groups in total. The van der Waals surface area contributed by atoms with Crippen LogP contribution in [0.25, 0.3) is 0 Å². The Morgan fingerprint density at radius 1 is 1.03 bits per heavy atom. The summed E-state index contributed by atoms with van der Waals surface area (Å²) in [4.78, 5) is 24.5. The number of esters is 1. The number of methoxy groups -OCH3 is 1. The first-order valence-corrected chi connectivity index (χ1v) is 10.4. The van der Waals surface area contributed by atoms with Crippen molar-refractivity contribution in [3.8, 4) is 0 Å². The fraction of sp³-hybridized carbons (Fsp3) is 0.0870. The largest absolute Gasteiger partial charge is 0.465 e. The lowest BCUT2D eigenvalue weighted by Gasteiger charge is -2.16. The lowest BCUT2D eigenvalue weighted by molar-refractivity contribution is -0.137. The first-order chi connectivity index (χ1) is 15.5. The number of halogens is 5. The van der Waals surface area contributed by atoms with Crippen molar-refractivity contribution in [3.63, 3.8) is 0 Å². The Morgan fingerprint density at radius 2 is 1.67 bits per heavy atom.